The normalized spacial score (nSPS) is 12.3. The molecule has 0 saturated carbocycles. The first-order chi connectivity index (χ1) is 8.45. The highest BCUT2D eigenvalue weighted by atomic mass is 127. The van der Waals surface area contributed by atoms with E-state index in [4.69, 9.17) is 0 Å². The quantitative estimate of drug-likeness (QED) is 0.586. The smallest absolute Gasteiger partial charge is 0.506 e. The van der Waals surface area contributed by atoms with E-state index < -0.39 is 32.8 Å². The van der Waals surface area contributed by atoms with Gasteiger partial charge in [0.2, 0.25) is 0 Å². The fourth-order valence-electron chi connectivity index (χ4n) is 0.974. The molecule has 11 heteroatoms. The maximum Gasteiger partial charge on any atom is 0.516 e. The molecule has 0 unspecified atom stereocenters. The molecule has 0 spiro atoms. The summed E-state index contributed by atoms with van der Waals surface area (Å²) >= 11 is 3.42. The Bertz CT molecular complexity index is 630. The minimum absolute atomic E-state index is 0.207. The molecule has 1 aromatic carbocycles. The molecule has 0 saturated heterocycles. The average molecular weight is 521 g/mol. The Morgan fingerprint density at radius 3 is 2.26 bits per heavy atom. The van der Waals surface area contributed by atoms with Crippen LogP contribution in [0.5, 0.6) is 5.75 Å². The Balaban J connectivity index is 3.18. The van der Waals surface area contributed by atoms with Gasteiger partial charge < -0.3 is 5.11 Å². The molecule has 1 amide bonds. The Morgan fingerprint density at radius 2 is 1.79 bits per heavy atom. The summed E-state index contributed by atoms with van der Waals surface area (Å²) < 4.78 is 59.4. The second-order valence-electron chi connectivity index (χ2n) is 3.16. The predicted molar refractivity (Wildman–Crippen MR) is 76.0 cm³/mol. The Kier molecular flexibility index (Phi) is 4.93. The summed E-state index contributed by atoms with van der Waals surface area (Å²) in [6.07, 6.45) is 0. The van der Waals surface area contributed by atoms with Crippen molar-refractivity contribution in [3.8, 4) is 5.75 Å². The minimum Gasteiger partial charge on any atom is -0.506 e. The van der Waals surface area contributed by atoms with E-state index in [2.05, 4.69) is 0 Å². The van der Waals surface area contributed by atoms with E-state index in [0.717, 1.165) is 10.8 Å². The average Bonchev–Trinajstić information content (AvgIpc) is 2.20. The zero-order valence-electron chi connectivity index (χ0n) is 8.62. The number of carbonyl (C=O) groups excluding carboxylic acids is 1. The van der Waals surface area contributed by atoms with Gasteiger partial charge in [-0.2, -0.15) is 21.6 Å². The van der Waals surface area contributed by atoms with Crippen LogP contribution in [-0.2, 0) is 10.0 Å². The maximum absolute atomic E-state index is 12.1. The highest BCUT2D eigenvalue weighted by molar-refractivity contribution is 14.1. The molecule has 0 aliphatic carbocycles. The molecule has 1 rings (SSSR count). The number of amides is 1. The van der Waals surface area contributed by atoms with Crippen LogP contribution in [0.1, 0.15) is 10.4 Å². The molecule has 2 N–H and O–H groups in total. The number of sulfonamides is 1. The largest absolute Gasteiger partial charge is 0.516 e. The summed E-state index contributed by atoms with van der Waals surface area (Å²) in [6.45, 7) is 0. The highest BCUT2D eigenvalue weighted by Gasteiger charge is 2.47. The van der Waals surface area contributed by atoms with E-state index in [0.29, 0.717) is 3.57 Å². The lowest BCUT2D eigenvalue weighted by molar-refractivity contribution is -0.0446. The third-order valence-electron chi connectivity index (χ3n) is 1.80. The van der Waals surface area contributed by atoms with Crippen LogP contribution in [0.4, 0.5) is 13.2 Å². The number of hydrogen-bond acceptors (Lipinski definition) is 4. The molecular formula is C8H4F3I2NO4S. The third-order valence-corrected chi connectivity index (χ3v) is 4.31. The second-order valence-corrected chi connectivity index (χ2v) is 7.25. The molecule has 0 aromatic heterocycles. The van der Waals surface area contributed by atoms with Crippen molar-refractivity contribution in [2.24, 2.45) is 0 Å². The maximum atomic E-state index is 12.1. The van der Waals surface area contributed by atoms with Crippen molar-refractivity contribution < 1.29 is 31.5 Å². The van der Waals surface area contributed by atoms with Crippen LogP contribution in [0.25, 0.3) is 0 Å². The van der Waals surface area contributed by atoms with Crippen molar-refractivity contribution in [1.82, 2.24) is 4.72 Å². The molecule has 106 valence electrons. The fourth-order valence-corrected chi connectivity index (χ4v) is 3.29. The van der Waals surface area contributed by atoms with E-state index in [9.17, 15) is 31.5 Å². The van der Waals surface area contributed by atoms with Crippen LogP contribution in [0.2, 0.25) is 0 Å². The number of halogens is 5. The van der Waals surface area contributed by atoms with E-state index in [-0.39, 0.29) is 3.57 Å². The van der Waals surface area contributed by atoms with Gasteiger partial charge in [0.05, 0.1) is 9.13 Å². The molecule has 0 heterocycles. The molecular weight excluding hydrogens is 517 g/mol. The van der Waals surface area contributed by atoms with Gasteiger partial charge in [0.15, 0.2) is 0 Å². The van der Waals surface area contributed by atoms with E-state index >= 15 is 0 Å². The van der Waals surface area contributed by atoms with Crippen LogP contribution in [-0.4, -0.2) is 24.9 Å². The van der Waals surface area contributed by atoms with Gasteiger partial charge in [0.1, 0.15) is 5.75 Å². The molecule has 0 aliphatic heterocycles. The van der Waals surface area contributed by atoms with Gasteiger partial charge in [0.25, 0.3) is 5.91 Å². The first-order valence-electron chi connectivity index (χ1n) is 4.27. The van der Waals surface area contributed by atoms with Crippen LogP contribution in [0.3, 0.4) is 0 Å². The first-order valence-corrected chi connectivity index (χ1v) is 7.91. The Labute approximate surface area is 132 Å². The standard InChI is InChI=1S/C8H4F3I2NO4S/c9-8(10,11)19(17,18)14-7(16)4-1-3(12)2-5(13)6(4)15/h1-2,15H,(H,14,16). The Hall–Kier alpha value is -0.310. The van der Waals surface area contributed by atoms with E-state index in [1.165, 1.54) is 6.07 Å². The zero-order chi connectivity index (χ0) is 15.0. The first kappa shape index (κ1) is 16.7. The van der Waals surface area contributed by atoms with Crippen molar-refractivity contribution in [2.45, 2.75) is 5.51 Å². The number of carbonyl (C=O) groups is 1. The van der Waals surface area contributed by atoms with E-state index in [1.807, 2.05) is 0 Å². The van der Waals surface area contributed by atoms with Crippen LogP contribution in [0.15, 0.2) is 12.1 Å². The highest BCUT2D eigenvalue weighted by Crippen LogP contribution is 2.28. The molecule has 0 aliphatic rings. The second kappa shape index (κ2) is 5.59. The van der Waals surface area contributed by atoms with Crippen LogP contribution < -0.4 is 4.72 Å². The van der Waals surface area contributed by atoms with Gasteiger partial charge >= 0.3 is 15.5 Å². The van der Waals surface area contributed by atoms with Gasteiger partial charge in [-0.3, -0.25) is 4.79 Å². The van der Waals surface area contributed by atoms with Crippen molar-refractivity contribution in [3.05, 3.63) is 24.8 Å². The monoisotopic (exact) mass is 521 g/mol. The molecule has 0 bridgehead atoms. The zero-order valence-corrected chi connectivity index (χ0v) is 13.8. The van der Waals surface area contributed by atoms with Gasteiger partial charge in [-0.15, -0.1) is 0 Å². The van der Waals surface area contributed by atoms with Crippen molar-refractivity contribution >= 4 is 61.1 Å². The molecule has 1 aromatic rings. The van der Waals surface area contributed by atoms with Gasteiger partial charge in [-0.05, 0) is 57.3 Å². The molecule has 5 nitrogen and oxygen atoms in total. The number of hydrogen-bond donors (Lipinski definition) is 2. The van der Waals surface area contributed by atoms with Gasteiger partial charge in [0, 0.05) is 3.57 Å². The number of aromatic hydroxyl groups is 1. The molecule has 0 radical (unpaired) electrons. The lowest BCUT2D eigenvalue weighted by Gasteiger charge is -2.11. The number of alkyl halides is 3. The summed E-state index contributed by atoms with van der Waals surface area (Å²) in [6, 6.07) is 2.53. The summed E-state index contributed by atoms with van der Waals surface area (Å²) in [4.78, 5) is 11.5. The number of nitrogens with one attached hydrogen (secondary N) is 1. The van der Waals surface area contributed by atoms with Crippen molar-refractivity contribution in [2.75, 3.05) is 0 Å². The summed E-state index contributed by atoms with van der Waals surface area (Å²) in [7, 11) is -5.80. The summed E-state index contributed by atoms with van der Waals surface area (Å²) in [5, 5.41) is 9.54. The van der Waals surface area contributed by atoms with Crippen LogP contribution >= 0.6 is 45.2 Å². The summed E-state index contributed by atoms with van der Waals surface area (Å²) in [5.41, 5.74) is -6.16. The summed E-state index contributed by atoms with van der Waals surface area (Å²) in [5.74, 6) is -2.14. The van der Waals surface area contributed by atoms with Crippen LogP contribution in [0, 0.1) is 7.14 Å². The fraction of sp³-hybridized carbons (Fsp3) is 0.125. The molecule has 0 fully saturated rings. The molecule has 0 atom stereocenters. The third kappa shape index (κ3) is 3.84. The van der Waals surface area contributed by atoms with E-state index in [1.54, 1.807) is 45.2 Å². The minimum atomic E-state index is -5.80. The van der Waals surface area contributed by atoms with Crippen molar-refractivity contribution in [1.29, 1.82) is 0 Å². The number of rotatable bonds is 2. The lowest BCUT2D eigenvalue weighted by atomic mass is 10.2. The topological polar surface area (TPSA) is 83.5 Å². The van der Waals surface area contributed by atoms with Gasteiger partial charge in [-0.1, -0.05) is 0 Å². The SMILES string of the molecule is O=C(NS(=O)(=O)C(F)(F)F)c1cc(I)cc(I)c1O. The van der Waals surface area contributed by atoms with Crippen molar-refractivity contribution in [3.63, 3.8) is 0 Å². The number of benzene rings is 1. The number of phenols is 1. The predicted octanol–water partition coefficient (Wildman–Crippen LogP) is 2.18. The lowest BCUT2D eigenvalue weighted by Crippen LogP contribution is -2.40. The van der Waals surface area contributed by atoms with Gasteiger partial charge in [-0.25, -0.2) is 4.72 Å². The molecule has 19 heavy (non-hydrogen) atoms. The number of phenolic OH excluding ortho intramolecular Hbond substituents is 1. The Morgan fingerprint density at radius 1 is 1.26 bits per heavy atom.